The minimum atomic E-state index is -0.175. The van der Waals surface area contributed by atoms with Crippen molar-refractivity contribution in [2.45, 2.75) is 11.7 Å². The fourth-order valence-electron chi connectivity index (χ4n) is 2.76. The summed E-state index contributed by atoms with van der Waals surface area (Å²) in [5, 5.41) is 14.5. The van der Waals surface area contributed by atoms with E-state index in [0.717, 1.165) is 16.5 Å². The monoisotopic (exact) mass is 460 g/mol. The molecule has 0 spiro atoms. The highest BCUT2D eigenvalue weighted by Crippen LogP contribution is 2.29. The quantitative estimate of drug-likeness (QED) is 0.371. The minimum Gasteiger partial charge on any atom is -0.495 e. The summed E-state index contributed by atoms with van der Waals surface area (Å²) in [5.41, 5.74) is 0.600. The molecule has 4 aromatic rings. The first-order valence-electron chi connectivity index (χ1n) is 8.89. The van der Waals surface area contributed by atoms with Crippen molar-refractivity contribution < 1.29 is 13.9 Å². The lowest BCUT2D eigenvalue weighted by atomic mass is 10.3. The standard InChI is InChI=1S/C20H17ClN4O3S2/c1-27-16-7-6-13(10-15(16)21)22-18(26)12-30-20-24-23-19(17-5-3-9-29-17)25(20)11-14-4-2-8-28-14/h2-10H,11-12H2,1H3,(H,22,26). The number of hydrogen-bond donors (Lipinski definition) is 1. The Morgan fingerprint density at radius 1 is 1.30 bits per heavy atom. The van der Waals surface area contributed by atoms with Gasteiger partial charge in [-0.2, -0.15) is 0 Å². The number of thiophene rings is 1. The Bertz CT molecular complexity index is 1130. The van der Waals surface area contributed by atoms with E-state index in [2.05, 4.69) is 15.5 Å². The molecule has 3 aromatic heterocycles. The van der Waals surface area contributed by atoms with Crippen molar-refractivity contribution >= 4 is 46.3 Å². The largest absolute Gasteiger partial charge is 0.495 e. The van der Waals surface area contributed by atoms with Crippen molar-refractivity contribution in [3.8, 4) is 16.5 Å². The van der Waals surface area contributed by atoms with Crippen LogP contribution in [0.1, 0.15) is 5.76 Å². The first-order chi connectivity index (χ1) is 14.6. The Morgan fingerprint density at radius 3 is 2.90 bits per heavy atom. The Morgan fingerprint density at radius 2 is 2.20 bits per heavy atom. The maximum atomic E-state index is 12.4. The van der Waals surface area contributed by atoms with E-state index in [1.54, 1.807) is 42.9 Å². The molecule has 10 heteroatoms. The lowest BCUT2D eigenvalue weighted by Crippen LogP contribution is -2.14. The average Bonchev–Trinajstić information content (AvgIpc) is 3.49. The number of amides is 1. The summed E-state index contributed by atoms with van der Waals surface area (Å²) in [7, 11) is 1.54. The number of thioether (sulfide) groups is 1. The van der Waals surface area contributed by atoms with Gasteiger partial charge in [-0.3, -0.25) is 9.36 Å². The first kappa shape index (κ1) is 20.5. The second-order valence-corrected chi connectivity index (χ2v) is 8.43. The van der Waals surface area contributed by atoms with Crippen LogP contribution in [0.25, 0.3) is 10.7 Å². The van der Waals surface area contributed by atoms with Crippen LogP contribution in [0.3, 0.4) is 0 Å². The number of methoxy groups -OCH3 is 1. The van der Waals surface area contributed by atoms with Crippen LogP contribution in [0.2, 0.25) is 5.02 Å². The van der Waals surface area contributed by atoms with Gasteiger partial charge in [-0.1, -0.05) is 29.4 Å². The van der Waals surface area contributed by atoms with Crippen LogP contribution in [-0.4, -0.2) is 33.5 Å². The molecule has 1 amide bonds. The van der Waals surface area contributed by atoms with Gasteiger partial charge in [0.2, 0.25) is 5.91 Å². The predicted octanol–water partition coefficient (Wildman–Crippen LogP) is 5.04. The highest BCUT2D eigenvalue weighted by atomic mass is 35.5. The maximum absolute atomic E-state index is 12.4. The molecule has 154 valence electrons. The number of halogens is 1. The molecule has 0 radical (unpaired) electrons. The van der Waals surface area contributed by atoms with Gasteiger partial charge in [-0.05, 0) is 41.8 Å². The molecule has 0 bridgehead atoms. The van der Waals surface area contributed by atoms with Gasteiger partial charge in [-0.15, -0.1) is 21.5 Å². The van der Waals surface area contributed by atoms with Crippen molar-refractivity contribution in [1.29, 1.82) is 0 Å². The molecule has 30 heavy (non-hydrogen) atoms. The molecule has 0 unspecified atom stereocenters. The van der Waals surface area contributed by atoms with Gasteiger partial charge >= 0.3 is 0 Å². The molecule has 0 aliphatic carbocycles. The van der Waals surface area contributed by atoms with Crippen molar-refractivity contribution in [2.75, 3.05) is 18.2 Å². The Kier molecular flexibility index (Phi) is 6.41. The third kappa shape index (κ3) is 4.69. The van der Waals surface area contributed by atoms with Gasteiger partial charge in [-0.25, -0.2) is 0 Å². The van der Waals surface area contributed by atoms with E-state index in [-0.39, 0.29) is 11.7 Å². The molecule has 0 aliphatic rings. The average molecular weight is 461 g/mol. The van der Waals surface area contributed by atoms with Crippen LogP contribution in [0.4, 0.5) is 5.69 Å². The van der Waals surface area contributed by atoms with Gasteiger partial charge < -0.3 is 14.5 Å². The van der Waals surface area contributed by atoms with Gasteiger partial charge in [0, 0.05) is 5.69 Å². The number of carbonyl (C=O) groups excluding carboxylic acids is 1. The smallest absolute Gasteiger partial charge is 0.234 e. The fraction of sp³-hybridized carbons (Fsp3) is 0.150. The molecular formula is C20H17ClN4O3S2. The summed E-state index contributed by atoms with van der Waals surface area (Å²) >= 11 is 9.01. The Hall–Kier alpha value is -2.75. The van der Waals surface area contributed by atoms with E-state index in [0.29, 0.717) is 28.2 Å². The molecule has 3 heterocycles. The molecule has 0 saturated carbocycles. The zero-order valence-corrected chi connectivity index (χ0v) is 18.3. The summed E-state index contributed by atoms with van der Waals surface area (Å²) in [5.74, 6) is 2.07. The van der Waals surface area contributed by atoms with Gasteiger partial charge in [0.05, 0.1) is 35.6 Å². The van der Waals surface area contributed by atoms with Crippen LogP contribution in [0.5, 0.6) is 5.75 Å². The Balaban J connectivity index is 1.47. The van der Waals surface area contributed by atoms with Crippen LogP contribution < -0.4 is 10.1 Å². The number of benzene rings is 1. The second kappa shape index (κ2) is 9.38. The lowest BCUT2D eigenvalue weighted by Gasteiger charge is -2.09. The maximum Gasteiger partial charge on any atom is 0.234 e. The molecule has 0 saturated heterocycles. The van der Waals surface area contributed by atoms with E-state index in [1.165, 1.54) is 11.8 Å². The molecular weight excluding hydrogens is 444 g/mol. The van der Waals surface area contributed by atoms with Crippen molar-refractivity contribution in [3.63, 3.8) is 0 Å². The summed E-state index contributed by atoms with van der Waals surface area (Å²) < 4.78 is 12.6. The third-order valence-corrected chi connectivity index (χ3v) is 6.25. The molecule has 1 N–H and O–H groups in total. The van der Waals surface area contributed by atoms with E-state index in [9.17, 15) is 4.79 Å². The third-order valence-electron chi connectivity index (χ3n) is 4.12. The summed E-state index contributed by atoms with van der Waals surface area (Å²) in [6, 6.07) is 12.8. The molecule has 7 nitrogen and oxygen atoms in total. The highest BCUT2D eigenvalue weighted by Gasteiger charge is 2.18. The molecule has 0 aliphatic heterocycles. The number of nitrogens with one attached hydrogen (secondary N) is 1. The topological polar surface area (TPSA) is 82.2 Å². The van der Waals surface area contributed by atoms with E-state index in [1.807, 2.05) is 34.2 Å². The highest BCUT2D eigenvalue weighted by molar-refractivity contribution is 7.99. The Labute approximate surface area is 186 Å². The van der Waals surface area contributed by atoms with Crippen LogP contribution in [0.15, 0.2) is 63.7 Å². The number of carbonyl (C=O) groups is 1. The fourth-order valence-corrected chi connectivity index (χ4v) is 4.47. The predicted molar refractivity (Wildman–Crippen MR) is 119 cm³/mol. The molecule has 0 atom stereocenters. The SMILES string of the molecule is COc1ccc(NC(=O)CSc2nnc(-c3cccs3)n2Cc2ccco2)cc1Cl. The van der Waals surface area contributed by atoms with Gasteiger partial charge in [0.1, 0.15) is 11.5 Å². The van der Waals surface area contributed by atoms with Gasteiger partial charge in [0.25, 0.3) is 0 Å². The van der Waals surface area contributed by atoms with Crippen molar-refractivity contribution in [2.24, 2.45) is 0 Å². The lowest BCUT2D eigenvalue weighted by molar-refractivity contribution is -0.113. The minimum absolute atomic E-state index is 0.171. The molecule has 4 rings (SSSR count). The van der Waals surface area contributed by atoms with Gasteiger partial charge in [0.15, 0.2) is 11.0 Å². The zero-order valence-electron chi connectivity index (χ0n) is 15.9. The number of rotatable bonds is 8. The number of ether oxygens (including phenoxy) is 1. The number of furan rings is 1. The van der Waals surface area contributed by atoms with Crippen LogP contribution in [0, 0.1) is 0 Å². The van der Waals surface area contributed by atoms with Crippen molar-refractivity contribution in [1.82, 2.24) is 14.8 Å². The normalized spacial score (nSPS) is 10.9. The van der Waals surface area contributed by atoms with E-state index >= 15 is 0 Å². The van der Waals surface area contributed by atoms with Crippen molar-refractivity contribution in [3.05, 3.63) is 64.9 Å². The second-order valence-electron chi connectivity index (χ2n) is 6.14. The van der Waals surface area contributed by atoms with Crippen LogP contribution in [-0.2, 0) is 11.3 Å². The van der Waals surface area contributed by atoms with E-state index in [4.69, 9.17) is 20.8 Å². The molecule has 1 aromatic carbocycles. The summed E-state index contributed by atoms with van der Waals surface area (Å²) in [6.07, 6.45) is 1.63. The summed E-state index contributed by atoms with van der Waals surface area (Å²) in [6.45, 7) is 0.477. The van der Waals surface area contributed by atoms with E-state index < -0.39 is 0 Å². The first-order valence-corrected chi connectivity index (χ1v) is 11.1. The number of aromatic nitrogens is 3. The number of nitrogens with zero attached hydrogens (tertiary/aromatic N) is 3. The van der Waals surface area contributed by atoms with Crippen LogP contribution >= 0.6 is 34.7 Å². The summed E-state index contributed by atoms with van der Waals surface area (Å²) in [4.78, 5) is 13.4. The number of anilines is 1. The number of hydrogen-bond acceptors (Lipinski definition) is 7. The molecule has 0 fully saturated rings. The zero-order chi connectivity index (χ0) is 20.9.